The first-order valence-corrected chi connectivity index (χ1v) is 10.0. The summed E-state index contributed by atoms with van der Waals surface area (Å²) >= 11 is 0. The molecule has 5 nitrogen and oxygen atoms in total. The number of amides is 1. The maximum Gasteiger partial charge on any atom is 0.234 e. The molecule has 1 aromatic rings. The number of hydrogen-bond acceptors (Lipinski definition) is 4. The maximum atomic E-state index is 12.3. The Bertz CT molecular complexity index is 683. The molecule has 0 aromatic heterocycles. The van der Waals surface area contributed by atoms with E-state index in [0.717, 1.165) is 19.4 Å². The highest BCUT2D eigenvalue weighted by atomic mass is 32.2. The summed E-state index contributed by atoms with van der Waals surface area (Å²) in [5.74, 6) is 0.208. The molecule has 1 amide bonds. The van der Waals surface area contributed by atoms with Crippen molar-refractivity contribution in [2.24, 2.45) is 0 Å². The molecule has 1 saturated heterocycles. The summed E-state index contributed by atoms with van der Waals surface area (Å²) in [4.78, 5) is 14.5. The van der Waals surface area contributed by atoms with E-state index in [4.69, 9.17) is 0 Å². The highest BCUT2D eigenvalue weighted by Crippen LogP contribution is 2.28. The number of benzene rings is 1. The lowest BCUT2D eigenvalue weighted by Gasteiger charge is -2.22. The van der Waals surface area contributed by atoms with Crippen LogP contribution in [0.1, 0.15) is 30.4 Å². The van der Waals surface area contributed by atoms with Gasteiger partial charge in [-0.3, -0.25) is 9.69 Å². The fourth-order valence-corrected chi connectivity index (χ4v) is 4.84. The Kier molecular flexibility index (Phi) is 4.73. The molecule has 0 radical (unpaired) electrons. The van der Waals surface area contributed by atoms with Crippen molar-refractivity contribution in [1.29, 1.82) is 0 Å². The summed E-state index contributed by atoms with van der Waals surface area (Å²) in [6.45, 7) is 3.18. The van der Waals surface area contributed by atoms with Crippen LogP contribution in [0.2, 0.25) is 0 Å². The number of carbonyl (C=O) groups is 1. The van der Waals surface area contributed by atoms with Gasteiger partial charge in [0.2, 0.25) is 5.91 Å². The second kappa shape index (κ2) is 6.61. The van der Waals surface area contributed by atoms with Gasteiger partial charge in [0.25, 0.3) is 0 Å². The van der Waals surface area contributed by atoms with E-state index < -0.39 is 9.84 Å². The van der Waals surface area contributed by atoms with Gasteiger partial charge in [-0.05, 0) is 31.7 Å². The maximum absolute atomic E-state index is 12.3. The van der Waals surface area contributed by atoms with Gasteiger partial charge in [-0.25, -0.2) is 8.42 Å². The second-order valence-electron chi connectivity index (χ2n) is 6.79. The Morgan fingerprint density at radius 3 is 2.70 bits per heavy atom. The SMILES string of the molecule is Cc1cccc(CN(CC(=O)NC2CCS(=O)(=O)C2)C2CC2)c1. The van der Waals surface area contributed by atoms with Crippen molar-refractivity contribution in [3.8, 4) is 0 Å². The molecule has 1 aromatic carbocycles. The zero-order valence-corrected chi connectivity index (χ0v) is 14.3. The zero-order valence-electron chi connectivity index (χ0n) is 13.5. The molecule has 1 heterocycles. The molecule has 1 N–H and O–H groups in total. The Labute approximate surface area is 138 Å². The molecule has 1 unspecified atom stereocenters. The molecule has 1 saturated carbocycles. The minimum absolute atomic E-state index is 0.0633. The fourth-order valence-electron chi connectivity index (χ4n) is 3.17. The molecule has 2 aliphatic rings. The van der Waals surface area contributed by atoms with E-state index in [0.29, 0.717) is 19.0 Å². The van der Waals surface area contributed by atoms with Gasteiger partial charge < -0.3 is 5.32 Å². The molecule has 0 bridgehead atoms. The Balaban J connectivity index is 1.56. The number of nitrogens with zero attached hydrogens (tertiary/aromatic N) is 1. The largest absolute Gasteiger partial charge is 0.351 e. The van der Waals surface area contributed by atoms with Gasteiger partial charge in [0.15, 0.2) is 9.84 Å². The molecule has 1 aliphatic carbocycles. The van der Waals surface area contributed by atoms with Crippen molar-refractivity contribution in [3.05, 3.63) is 35.4 Å². The van der Waals surface area contributed by atoms with Crippen molar-refractivity contribution in [1.82, 2.24) is 10.2 Å². The monoisotopic (exact) mass is 336 g/mol. The number of carbonyl (C=O) groups excluding carboxylic acids is 1. The number of rotatable bonds is 6. The summed E-state index contributed by atoms with van der Waals surface area (Å²) in [6.07, 6.45) is 2.81. The predicted octanol–water partition coefficient (Wildman–Crippen LogP) is 1.26. The van der Waals surface area contributed by atoms with Crippen LogP contribution in [0, 0.1) is 6.92 Å². The molecule has 6 heteroatoms. The second-order valence-corrected chi connectivity index (χ2v) is 9.02. The zero-order chi connectivity index (χ0) is 16.4. The van der Waals surface area contributed by atoms with Crippen LogP contribution >= 0.6 is 0 Å². The standard InChI is InChI=1S/C17H24N2O3S/c1-13-3-2-4-14(9-13)10-19(16-5-6-16)11-17(20)18-15-7-8-23(21,22)12-15/h2-4,9,15-16H,5-8,10-12H2,1H3,(H,18,20). The molecule has 3 rings (SSSR count). The first-order valence-electron chi connectivity index (χ1n) is 8.21. The fraction of sp³-hybridized carbons (Fsp3) is 0.588. The first kappa shape index (κ1) is 16.5. The Morgan fingerprint density at radius 1 is 1.30 bits per heavy atom. The number of aryl methyl sites for hydroxylation is 1. The molecule has 2 fully saturated rings. The van der Waals surface area contributed by atoms with E-state index in [1.807, 2.05) is 6.07 Å². The quantitative estimate of drug-likeness (QED) is 0.849. The molecular formula is C17H24N2O3S. The van der Waals surface area contributed by atoms with E-state index in [9.17, 15) is 13.2 Å². The van der Waals surface area contributed by atoms with Gasteiger partial charge in [0, 0.05) is 18.6 Å². The van der Waals surface area contributed by atoms with Gasteiger partial charge >= 0.3 is 0 Å². The third kappa shape index (κ3) is 4.78. The van der Waals surface area contributed by atoms with E-state index in [2.05, 4.69) is 35.3 Å². The summed E-state index contributed by atoms with van der Waals surface area (Å²) in [5, 5.41) is 2.88. The van der Waals surface area contributed by atoms with Crippen molar-refractivity contribution in [2.45, 2.75) is 44.8 Å². The molecule has 23 heavy (non-hydrogen) atoms. The van der Waals surface area contributed by atoms with Crippen molar-refractivity contribution >= 4 is 15.7 Å². The van der Waals surface area contributed by atoms with Gasteiger partial charge in [-0.15, -0.1) is 0 Å². The third-order valence-corrected chi connectivity index (χ3v) is 6.24. The van der Waals surface area contributed by atoms with Gasteiger partial charge in [0.05, 0.1) is 18.1 Å². The summed E-state index contributed by atoms with van der Waals surface area (Å²) < 4.78 is 22.9. The number of sulfone groups is 1. The van der Waals surface area contributed by atoms with Crippen LogP contribution in [0.15, 0.2) is 24.3 Å². The lowest BCUT2D eigenvalue weighted by molar-refractivity contribution is -0.123. The topological polar surface area (TPSA) is 66.5 Å². The minimum atomic E-state index is -2.96. The van der Waals surface area contributed by atoms with E-state index in [1.54, 1.807) is 0 Å². The Morgan fingerprint density at radius 2 is 2.09 bits per heavy atom. The average molecular weight is 336 g/mol. The number of nitrogens with one attached hydrogen (secondary N) is 1. The van der Waals surface area contributed by atoms with Crippen molar-refractivity contribution in [3.63, 3.8) is 0 Å². The van der Waals surface area contributed by atoms with Crippen molar-refractivity contribution in [2.75, 3.05) is 18.1 Å². The third-order valence-electron chi connectivity index (χ3n) is 4.48. The molecular weight excluding hydrogens is 312 g/mol. The summed E-state index contributed by atoms with van der Waals surface area (Å²) in [6, 6.07) is 8.61. The van der Waals surface area contributed by atoms with Crippen LogP contribution in [0.5, 0.6) is 0 Å². The first-order chi connectivity index (χ1) is 10.9. The molecule has 0 spiro atoms. The smallest absolute Gasteiger partial charge is 0.234 e. The van der Waals surface area contributed by atoms with Crippen LogP contribution in [0.25, 0.3) is 0 Å². The lowest BCUT2D eigenvalue weighted by Crippen LogP contribution is -2.43. The van der Waals surface area contributed by atoms with Gasteiger partial charge in [-0.2, -0.15) is 0 Å². The van der Waals surface area contributed by atoms with E-state index in [-0.39, 0.29) is 23.5 Å². The van der Waals surface area contributed by atoms with Gasteiger partial charge in [-0.1, -0.05) is 29.8 Å². The van der Waals surface area contributed by atoms with Crippen LogP contribution in [-0.2, 0) is 21.2 Å². The van der Waals surface area contributed by atoms with Crippen LogP contribution < -0.4 is 5.32 Å². The molecule has 1 aliphatic heterocycles. The normalized spacial score (nSPS) is 23.1. The summed E-state index contributed by atoms with van der Waals surface area (Å²) in [7, 11) is -2.96. The van der Waals surface area contributed by atoms with Crippen LogP contribution in [0.3, 0.4) is 0 Å². The Hall–Kier alpha value is -1.40. The lowest BCUT2D eigenvalue weighted by atomic mass is 10.1. The molecule has 1 atom stereocenters. The van der Waals surface area contributed by atoms with E-state index in [1.165, 1.54) is 11.1 Å². The van der Waals surface area contributed by atoms with Crippen molar-refractivity contribution < 1.29 is 13.2 Å². The highest BCUT2D eigenvalue weighted by molar-refractivity contribution is 7.91. The minimum Gasteiger partial charge on any atom is -0.351 e. The highest BCUT2D eigenvalue weighted by Gasteiger charge is 2.32. The summed E-state index contributed by atoms with van der Waals surface area (Å²) in [5.41, 5.74) is 2.44. The average Bonchev–Trinajstić information content (AvgIpc) is 3.24. The predicted molar refractivity (Wildman–Crippen MR) is 89.8 cm³/mol. The van der Waals surface area contributed by atoms with Crippen LogP contribution in [-0.4, -0.2) is 49.4 Å². The van der Waals surface area contributed by atoms with E-state index >= 15 is 0 Å². The van der Waals surface area contributed by atoms with Gasteiger partial charge in [0.1, 0.15) is 0 Å². The van der Waals surface area contributed by atoms with Crippen LogP contribution in [0.4, 0.5) is 0 Å². The number of hydrogen-bond donors (Lipinski definition) is 1. The molecule has 126 valence electrons.